The molecule has 2 aromatic rings. The number of aromatic nitrogens is 1. The Morgan fingerprint density at radius 2 is 2.11 bits per heavy atom. The molecule has 2 N–H and O–H groups in total. The smallest absolute Gasteiger partial charge is 0.275 e. The topological polar surface area (TPSA) is 59.2 Å². The van der Waals surface area contributed by atoms with Crippen LogP contribution in [0.5, 0.6) is 0 Å². The summed E-state index contributed by atoms with van der Waals surface area (Å²) in [5.41, 5.74) is 10.3. The number of thiazole rings is 1. The first-order valence-electron chi connectivity index (χ1n) is 5.80. The summed E-state index contributed by atoms with van der Waals surface area (Å²) in [6, 6.07) is 8.23. The number of hydrogen-bond donors (Lipinski definition) is 1. The van der Waals surface area contributed by atoms with E-state index in [9.17, 15) is 4.79 Å². The first-order chi connectivity index (χ1) is 8.75. The van der Waals surface area contributed by atoms with Gasteiger partial charge in [-0.2, -0.15) is 0 Å². The predicted molar refractivity (Wildman–Crippen MR) is 71.4 cm³/mol. The molecule has 0 bridgehead atoms. The highest BCUT2D eigenvalue weighted by molar-refractivity contribution is 7.14. The number of amides is 1. The molecule has 4 nitrogen and oxygen atoms in total. The third kappa shape index (κ3) is 1.86. The molecule has 3 rings (SSSR count). The Morgan fingerprint density at radius 1 is 1.33 bits per heavy atom. The lowest BCUT2D eigenvalue weighted by molar-refractivity contribution is 0.0730. The van der Waals surface area contributed by atoms with Crippen LogP contribution in [0, 0.1) is 0 Å². The molecule has 0 aliphatic carbocycles. The molecular formula is C13H13N3OS. The van der Waals surface area contributed by atoms with E-state index in [1.54, 1.807) is 5.51 Å². The third-order valence-electron chi connectivity index (χ3n) is 3.22. The van der Waals surface area contributed by atoms with Crippen molar-refractivity contribution in [1.82, 2.24) is 9.88 Å². The lowest BCUT2D eigenvalue weighted by Gasteiger charge is -2.28. The minimum atomic E-state index is -0.0664. The summed E-state index contributed by atoms with van der Waals surface area (Å²) in [6.45, 7) is 1.37. The monoisotopic (exact) mass is 259 g/mol. The fourth-order valence-electron chi connectivity index (χ4n) is 2.23. The van der Waals surface area contributed by atoms with Crippen LogP contribution in [-0.4, -0.2) is 22.3 Å². The molecule has 0 atom stereocenters. The first-order valence-corrected chi connectivity index (χ1v) is 6.68. The van der Waals surface area contributed by atoms with Crippen molar-refractivity contribution in [1.29, 1.82) is 0 Å². The van der Waals surface area contributed by atoms with Crippen molar-refractivity contribution in [2.75, 3.05) is 12.3 Å². The van der Waals surface area contributed by atoms with E-state index >= 15 is 0 Å². The van der Waals surface area contributed by atoms with Crippen molar-refractivity contribution in [3.8, 4) is 0 Å². The Kier molecular flexibility index (Phi) is 2.76. The number of rotatable bonds is 1. The van der Waals surface area contributed by atoms with Crippen LogP contribution in [0.4, 0.5) is 5.00 Å². The maximum Gasteiger partial charge on any atom is 0.275 e. The van der Waals surface area contributed by atoms with E-state index in [1.165, 1.54) is 22.5 Å². The molecular weight excluding hydrogens is 246 g/mol. The van der Waals surface area contributed by atoms with Gasteiger partial charge in [-0.1, -0.05) is 24.3 Å². The second-order valence-corrected chi connectivity index (χ2v) is 5.20. The molecule has 1 aromatic carbocycles. The van der Waals surface area contributed by atoms with Gasteiger partial charge >= 0.3 is 0 Å². The van der Waals surface area contributed by atoms with Crippen molar-refractivity contribution >= 4 is 22.2 Å². The van der Waals surface area contributed by atoms with E-state index in [-0.39, 0.29) is 5.91 Å². The van der Waals surface area contributed by atoms with Gasteiger partial charge in [0.05, 0.1) is 5.51 Å². The van der Waals surface area contributed by atoms with Gasteiger partial charge in [0, 0.05) is 13.1 Å². The fourth-order valence-corrected chi connectivity index (χ4v) is 2.76. The second kappa shape index (κ2) is 4.42. The van der Waals surface area contributed by atoms with Gasteiger partial charge in [0.1, 0.15) is 5.00 Å². The zero-order valence-corrected chi connectivity index (χ0v) is 10.6. The maximum atomic E-state index is 12.3. The van der Waals surface area contributed by atoms with Crippen LogP contribution in [0.3, 0.4) is 0 Å². The molecule has 0 unspecified atom stereocenters. The number of carbonyl (C=O) groups excluding carboxylic acids is 1. The Bertz CT molecular complexity index is 593. The molecule has 18 heavy (non-hydrogen) atoms. The summed E-state index contributed by atoms with van der Waals surface area (Å²) < 4.78 is 0. The zero-order chi connectivity index (χ0) is 12.5. The molecule has 1 aliphatic heterocycles. The van der Waals surface area contributed by atoms with Gasteiger partial charge in [-0.15, -0.1) is 11.3 Å². The molecule has 0 spiro atoms. The predicted octanol–water partition coefficient (Wildman–Crippen LogP) is 1.92. The van der Waals surface area contributed by atoms with Crippen molar-refractivity contribution in [3.63, 3.8) is 0 Å². The highest BCUT2D eigenvalue weighted by Gasteiger charge is 2.24. The Hall–Kier alpha value is -1.88. The molecule has 92 valence electrons. The van der Waals surface area contributed by atoms with E-state index in [2.05, 4.69) is 17.1 Å². The Balaban J connectivity index is 1.84. The van der Waals surface area contributed by atoms with Gasteiger partial charge in [-0.05, 0) is 17.5 Å². The summed E-state index contributed by atoms with van der Waals surface area (Å²) in [5.74, 6) is -0.0664. The van der Waals surface area contributed by atoms with Crippen LogP contribution in [0.25, 0.3) is 0 Å². The van der Waals surface area contributed by atoms with Gasteiger partial charge in [0.25, 0.3) is 5.91 Å². The van der Waals surface area contributed by atoms with Crippen molar-refractivity contribution in [3.05, 3.63) is 46.6 Å². The lowest BCUT2D eigenvalue weighted by atomic mass is 10.00. The highest BCUT2D eigenvalue weighted by atomic mass is 32.1. The molecule has 1 aromatic heterocycles. The van der Waals surface area contributed by atoms with Crippen molar-refractivity contribution < 1.29 is 4.79 Å². The van der Waals surface area contributed by atoms with E-state index in [1.807, 2.05) is 17.0 Å². The summed E-state index contributed by atoms with van der Waals surface area (Å²) in [6.07, 6.45) is 0.895. The number of nitrogens with zero attached hydrogens (tertiary/aromatic N) is 2. The molecule has 0 saturated carbocycles. The van der Waals surface area contributed by atoms with Crippen LogP contribution in [0.2, 0.25) is 0 Å². The standard InChI is InChI=1S/C13H13N3OS/c14-12-11(15-8-18-12)13(17)16-6-5-9-3-1-2-4-10(9)7-16/h1-4,8H,5-7,14H2. The molecule has 1 amide bonds. The summed E-state index contributed by atoms with van der Waals surface area (Å²) >= 11 is 1.30. The zero-order valence-electron chi connectivity index (χ0n) is 9.80. The molecule has 0 radical (unpaired) electrons. The fraction of sp³-hybridized carbons (Fsp3) is 0.231. The average Bonchev–Trinajstić information content (AvgIpc) is 2.83. The van der Waals surface area contributed by atoms with E-state index < -0.39 is 0 Å². The number of carbonyl (C=O) groups is 1. The lowest BCUT2D eigenvalue weighted by Crippen LogP contribution is -2.36. The van der Waals surface area contributed by atoms with E-state index in [0.717, 1.165) is 13.0 Å². The second-order valence-electron chi connectivity index (χ2n) is 4.31. The maximum absolute atomic E-state index is 12.3. The summed E-state index contributed by atoms with van der Waals surface area (Å²) in [4.78, 5) is 18.1. The van der Waals surface area contributed by atoms with Gasteiger partial charge < -0.3 is 10.6 Å². The van der Waals surface area contributed by atoms with Crippen LogP contribution < -0.4 is 5.73 Å². The number of nitrogens with two attached hydrogens (primary N) is 1. The summed E-state index contributed by atoms with van der Waals surface area (Å²) in [7, 11) is 0. The Labute approximate surface area is 109 Å². The minimum absolute atomic E-state index is 0.0664. The van der Waals surface area contributed by atoms with Crippen LogP contribution >= 0.6 is 11.3 Å². The quantitative estimate of drug-likeness (QED) is 0.851. The van der Waals surface area contributed by atoms with Crippen LogP contribution in [0.15, 0.2) is 29.8 Å². The van der Waals surface area contributed by atoms with Crippen molar-refractivity contribution in [2.24, 2.45) is 0 Å². The number of benzene rings is 1. The van der Waals surface area contributed by atoms with Crippen LogP contribution in [0.1, 0.15) is 21.6 Å². The first kappa shape index (κ1) is 11.2. The average molecular weight is 259 g/mol. The Morgan fingerprint density at radius 3 is 2.83 bits per heavy atom. The number of hydrogen-bond acceptors (Lipinski definition) is 4. The third-order valence-corrected chi connectivity index (χ3v) is 3.87. The molecule has 5 heteroatoms. The van der Waals surface area contributed by atoms with Gasteiger partial charge in [0.2, 0.25) is 0 Å². The molecule has 1 aliphatic rings. The van der Waals surface area contributed by atoms with Crippen molar-refractivity contribution in [2.45, 2.75) is 13.0 Å². The summed E-state index contributed by atoms with van der Waals surface area (Å²) in [5, 5.41) is 0.499. The number of anilines is 1. The molecule has 2 heterocycles. The number of fused-ring (bicyclic) bond motifs is 1. The molecule has 0 saturated heterocycles. The SMILES string of the molecule is Nc1scnc1C(=O)N1CCc2ccccc2C1. The minimum Gasteiger partial charge on any atom is -0.389 e. The van der Waals surface area contributed by atoms with E-state index in [4.69, 9.17) is 5.73 Å². The van der Waals surface area contributed by atoms with Gasteiger partial charge in [0.15, 0.2) is 5.69 Å². The van der Waals surface area contributed by atoms with Gasteiger partial charge in [-0.3, -0.25) is 4.79 Å². The molecule has 0 fully saturated rings. The largest absolute Gasteiger partial charge is 0.389 e. The number of nitrogen functional groups attached to an aromatic ring is 1. The normalized spacial score (nSPS) is 14.3. The highest BCUT2D eigenvalue weighted by Crippen LogP contribution is 2.23. The van der Waals surface area contributed by atoms with E-state index in [0.29, 0.717) is 17.2 Å². The van der Waals surface area contributed by atoms with Gasteiger partial charge in [-0.25, -0.2) is 4.98 Å². The van der Waals surface area contributed by atoms with Crippen LogP contribution in [-0.2, 0) is 13.0 Å².